The third-order valence-corrected chi connectivity index (χ3v) is 3.71. The van der Waals surface area contributed by atoms with E-state index in [4.69, 9.17) is 10.00 Å². The summed E-state index contributed by atoms with van der Waals surface area (Å²) in [7, 11) is 0. The maximum atomic E-state index is 12.3. The van der Waals surface area contributed by atoms with Gasteiger partial charge in [-0.25, -0.2) is 4.79 Å². The summed E-state index contributed by atoms with van der Waals surface area (Å²) in [4.78, 5) is 12.2. The minimum Gasteiger partial charge on any atom is -0.435 e. The Morgan fingerprint density at radius 3 is 2.11 bits per heavy atom. The van der Waals surface area contributed by atoms with Gasteiger partial charge in [0.1, 0.15) is 11.5 Å². The summed E-state index contributed by atoms with van der Waals surface area (Å²) in [5.41, 5.74) is 2.49. The Morgan fingerprint density at radius 2 is 1.52 bits per heavy atom. The van der Waals surface area contributed by atoms with Crippen LogP contribution in [0, 0.1) is 11.3 Å². The molecule has 3 aromatic rings. The van der Waals surface area contributed by atoms with Crippen molar-refractivity contribution in [1.29, 1.82) is 5.26 Å². The van der Waals surface area contributed by atoms with Gasteiger partial charge >= 0.3 is 12.6 Å². The molecule has 0 spiro atoms. The molecule has 0 unspecified atom stereocenters. The summed E-state index contributed by atoms with van der Waals surface area (Å²) >= 11 is 0. The number of esters is 1. The molecule has 0 amide bonds. The maximum Gasteiger partial charge on any atom is 0.387 e. The van der Waals surface area contributed by atoms with Crippen LogP contribution in [0.15, 0.2) is 72.8 Å². The summed E-state index contributed by atoms with van der Waals surface area (Å²) < 4.78 is 34.1. The van der Waals surface area contributed by atoms with Gasteiger partial charge in [-0.05, 0) is 53.6 Å². The first-order chi connectivity index (χ1) is 13.0. The molecule has 0 aliphatic heterocycles. The lowest BCUT2D eigenvalue weighted by molar-refractivity contribution is -0.0499. The smallest absolute Gasteiger partial charge is 0.387 e. The second-order valence-corrected chi connectivity index (χ2v) is 5.51. The van der Waals surface area contributed by atoms with Crippen LogP contribution in [-0.4, -0.2) is 12.6 Å². The molecule has 0 atom stereocenters. The minimum atomic E-state index is -2.97. The molecule has 0 aliphatic carbocycles. The van der Waals surface area contributed by atoms with E-state index < -0.39 is 12.6 Å². The lowest BCUT2D eigenvalue weighted by atomic mass is 10.0. The predicted molar refractivity (Wildman–Crippen MR) is 94.6 cm³/mol. The number of halogens is 2. The molecule has 0 saturated carbocycles. The lowest BCUT2D eigenvalue weighted by Crippen LogP contribution is -2.09. The Balaban J connectivity index is 1.70. The fourth-order valence-electron chi connectivity index (χ4n) is 2.42. The van der Waals surface area contributed by atoms with Crippen LogP contribution in [0.1, 0.15) is 15.9 Å². The number of ether oxygens (including phenoxy) is 2. The largest absolute Gasteiger partial charge is 0.435 e. The second-order valence-electron chi connectivity index (χ2n) is 5.51. The summed E-state index contributed by atoms with van der Waals surface area (Å²) in [6.45, 7) is -2.97. The van der Waals surface area contributed by atoms with E-state index in [1.54, 1.807) is 36.4 Å². The average Bonchev–Trinajstić information content (AvgIpc) is 2.68. The van der Waals surface area contributed by atoms with E-state index >= 15 is 0 Å². The number of carbonyl (C=O) groups is 1. The van der Waals surface area contributed by atoms with Crippen LogP contribution in [0.3, 0.4) is 0 Å². The topological polar surface area (TPSA) is 59.3 Å². The molecule has 3 aromatic carbocycles. The number of alkyl halides is 2. The van der Waals surface area contributed by atoms with E-state index in [0.717, 1.165) is 11.1 Å². The molecule has 0 fully saturated rings. The molecule has 0 saturated heterocycles. The Kier molecular flexibility index (Phi) is 5.43. The molecule has 0 heterocycles. The molecule has 0 aliphatic rings. The van der Waals surface area contributed by atoms with E-state index in [0.29, 0.717) is 11.3 Å². The number of benzene rings is 3. The molecular formula is C21H13F2NO3. The van der Waals surface area contributed by atoms with Crippen molar-refractivity contribution >= 4 is 5.97 Å². The quantitative estimate of drug-likeness (QED) is 0.469. The Morgan fingerprint density at radius 1 is 0.889 bits per heavy atom. The normalized spacial score (nSPS) is 10.3. The average molecular weight is 365 g/mol. The van der Waals surface area contributed by atoms with Crippen molar-refractivity contribution in [2.45, 2.75) is 6.61 Å². The Bertz CT molecular complexity index is 978. The molecule has 27 heavy (non-hydrogen) atoms. The van der Waals surface area contributed by atoms with Gasteiger partial charge < -0.3 is 9.47 Å². The van der Waals surface area contributed by atoms with Crippen LogP contribution >= 0.6 is 0 Å². The maximum absolute atomic E-state index is 12.3. The van der Waals surface area contributed by atoms with Crippen LogP contribution in [0.2, 0.25) is 0 Å². The summed E-state index contributed by atoms with van der Waals surface area (Å²) in [5.74, 6) is -0.478. The van der Waals surface area contributed by atoms with Crippen LogP contribution in [0.5, 0.6) is 11.5 Å². The number of hydrogen-bond acceptors (Lipinski definition) is 4. The first kappa shape index (κ1) is 18.1. The second kappa shape index (κ2) is 8.11. The molecular weight excluding hydrogens is 352 g/mol. The van der Waals surface area contributed by atoms with Gasteiger partial charge in [0.25, 0.3) is 0 Å². The van der Waals surface area contributed by atoms with Crippen molar-refractivity contribution in [3.63, 3.8) is 0 Å². The summed E-state index contributed by atoms with van der Waals surface area (Å²) in [5, 5.41) is 8.83. The molecule has 6 heteroatoms. The lowest BCUT2D eigenvalue weighted by Gasteiger charge is -2.08. The zero-order valence-electron chi connectivity index (χ0n) is 13.9. The SMILES string of the molecule is N#Cc1ccc(-c2ccc(OC(=O)c3cccc(OC(F)F)c3)cc2)cc1. The first-order valence-electron chi connectivity index (χ1n) is 7.93. The summed E-state index contributed by atoms with van der Waals surface area (Å²) in [6, 6.07) is 21.4. The first-order valence-corrected chi connectivity index (χ1v) is 7.93. The van der Waals surface area contributed by atoms with Gasteiger partial charge in [0.15, 0.2) is 0 Å². The predicted octanol–water partition coefficient (Wildman–Crippen LogP) is 5.05. The van der Waals surface area contributed by atoms with Gasteiger partial charge in [0, 0.05) is 0 Å². The van der Waals surface area contributed by atoms with Crippen molar-refractivity contribution < 1.29 is 23.0 Å². The Labute approximate surface area is 154 Å². The van der Waals surface area contributed by atoms with E-state index in [1.807, 2.05) is 12.1 Å². The zero-order valence-corrected chi connectivity index (χ0v) is 13.9. The van der Waals surface area contributed by atoms with E-state index in [1.165, 1.54) is 24.3 Å². The van der Waals surface area contributed by atoms with E-state index in [9.17, 15) is 13.6 Å². The molecule has 0 radical (unpaired) electrons. The van der Waals surface area contributed by atoms with E-state index in [-0.39, 0.29) is 11.3 Å². The molecule has 134 valence electrons. The number of nitriles is 1. The van der Waals surface area contributed by atoms with Gasteiger partial charge in [-0.1, -0.05) is 30.3 Å². The molecule has 0 N–H and O–H groups in total. The van der Waals surface area contributed by atoms with Gasteiger partial charge in [0.05, 0.1) is 17.2 Å². The molecule has 0 bridgehead atoms. The highest BCUT2D eigenvalue weighted by Gasteiger charge is 2.12. The number of carbonyl (C=O) groups excluding carboxylic acids is 1. The van der Waals surface area contributed by atoms with Crippen molar-refractivity contribution in [3.8, 4) is 28.7 Å². The van der Waals surface area contributed by atoms with E-state index in [2.05, 4.69) is 10.8 Å². The standard InChI is InChI=1S/C21H13F2NO3/c22-21(23)27-19-3-1-2-17(12-19)20(25)26-18-10-8-16(9-11-18)15-6-4-14(13-24)5-7-15/h1-12,21H. The zero-order chi connectivity index (χ0) is 19.2. The number of rotatable bonds is 5. The monoisotopic (exact) mass is 365 g/mol. The molecule has 4 nitrogen and oxygen atoms in total. The van der Waals surface area contributed by atoms with Gasteiger partial charge in [-0.15, -0.1) is 0 Å². The van der Waals surface area contributed by atoms with Gasteiger partial charge in [0.2, 0.25) is 0 Å². The van der Waals surface area contributed by atoms with Crippen LogP contribution in [0.4, 0.5) is 8.78 Å². The van der Waals surface area contributed by atoms with Crippen molar-refractivity contribution in [3.05, 3.63) is 83.9 Å². The van der Waals surface area contributed by atoms with Crippen LogP contribution in [-0.2, 0) is 0 Å². The molecule has 0 aromatic heterocycles. The number of hydrogen-bond donors (Lipinski definition) is 0. The van der Waals surface area contributed by atoms with Crippen LogP contribution < -0.4 is 9.47 Å². The highest BCUT2D eigenvalue weighted by Crippen LogP contribution is 2.24. The van der Waals surface area contributed by atoms with Gasteiger partial charge in [-0.3, -0.25) is 0 Å². The van der Waals surface area contributed by atoms with Gasteiger partial charge in [-0.2, -0.15) is 14.0 Å². The van der Waals surface area contributed by atoms with Crippen molar-refractivity contribution in [1.82, 2.24) is 0 Å². The fraction of sp³-hybridized carbons (Fsp3) is 0.0476. The number of nitrogens with zero attached hydrogens (tertiary/aromatic N) is 1. The van der Waals surface area contributed by atoms with Crippen molar-refractivity contribution in [2.24, 2.45) is 0 Å². The Hall–Kier alpha value is -3.72. The van der Waals surface area contributed by atoms with Crippen LogP contribution in [0.25, 0.3) is 11.1 Å². The molecule has 3 rings (SSSR count). The third-order valence-electron chi connectivity index (χ3n) is 3.71. The van der Waals surface area contributed by atoms with Crippen molar-refractivity contribution in [2.75, 3.05) is 0 Å². The summed E-state index contributed by atoms with van der Waals surface area (Å²) in [6.07, 6.45) is 0. The third kappa shape index (κ3) is 4.67. The fourth-order valence-corrected chi connectivity index (χ4v) is 2.42. The minimum absolute atomic E-state index is 0.101. The highest BCUT2D eigenvalue weighted by molar-refractivity contribution is 5.91. The highest BCUT2D eigenvalue weighted by atomic mass is 19.3.